The number of benzene rings is 2. The summed E-state index contributed by atoms with van der Waals surface area (Å²) in [6.45, 7) is 2.46. The van der Waals surface area contributed by atoms with E-state index in [1.165, 1.54) is 0 Å². The van der Waals surface area contributed by atoms with Gasteiger partial charge in [0, 0.05) is 17.9 Å². The van der Waals surface area contributed by atoms with Crippen molar-refractivity contribution in [1.29, 1.82) is 0 Å². The number of unbranched alkanes of at least 4 members (excludes halogenated alkanes) is 1. The van der Waals surface area contributed by atoms with Gasteiger partial charge in [-0.2, -0.15) is 0 Å². The van der Waals surface area contributed by atoms with Gasteiger partial charge < -0.3 is 9.64 Å². The van der Waals surface area contributed by atoms with E-state index in [0.717, 1.165) is 50.4 Å². The van der Waals surface area contributed by atoms with Crippen LogP contribution in [0.4, 0.5) is 11.4 Å². The highest BCUT2D eigenvalue weighted by Crippen LogP contribution is 2.17. The fourth-order valence-corrected chi connectivity index (χ4v) is 4.02. The highest BCUT2D eigenvalue weighted by molar-refractivity contribution is 7.92. The van der Waals surface area contributed by atoms with Gasteiger partial charge in [-0.3, -0.25) is 9.44 Å². The normalized spacial score (nSPS) is 11.6. The van der Waals surface area contributed by atoms with Crippen LogP contribution in [0.3, 0.4) is 0 Å². The van der Waals surface area contributed by atoms with Crippen molar-refractivity contribution in [3.8, 4) is 5.75 Å². The molecule has 0 aromatic heterocycles. The van der Waals surface area contributed by atoms with Gasteiger partial charge in [-0.25, -0.2) is 16.8 Å². The standard InChI is InChI=1S/C21H31N3O5S2.ClH/c1-24(16-14-18-6-8-19(9-7-18)22-30(2,25)26)15-4-5-17-29-21-12-10-20(11-13-21)23-31(3,27)28;/h6-13,22-23H,4-5,14-17H2,1-3H3;1H. The lowest BCUT2D eigenvalue weighted by Gasteiger charge is -2.16. The minimum atomic E-state index is -3.27. The Bertz CT molecular complexity index is 1030. The molecule has 32 heavy (non-hydrogen) atoms. The maximum Gasteiger partial charge on any atom is 0.229 e. The second-order valence-corrected chi connectivity index (χ2v) is 11.1. The third-order valence-electron chi connectivity index (χ3n) is 4.40. The van der Waals surface area contributed by atoms with Crippen LogP contribution in [0, 0.1) is 0 Å². The molecule has 0 aliphatic rings. The van der Waals surface area contributed by atoms with Crippen LogP contribution in [-0.4, -0.2) is 61.0 Å². The van der Waals surface area contributed by atoms with Crippen molar-refractivity contribution in [3.05, 3.63) is 54.1 Å². The van der Waals surface area contributed by atoms with Crippen LogP contribution in [0.2, 0.25) is 0 Å². The summed E-state index contributed by atoms with van der Waals surface area (Å²) in [5.74, 6) is 0.709. The molecule has 11 heteroatoms. The molecule has 0 saturated carbocycles. The topological polar surface area (TPSA) is 105 Å². The summed E-state index contributed by atoms with van der Waals surface area (Å²) in [4.78, 5) is 2.26. The summed E-state index contributed by atoms with van der Waals surface area (Å²) in [6.07, 6.45) is 5.06. The lowest BCUT2D eigenvalue weighted by Crippen LogP contribution is -2.22. The van der Waals surface area contributed by atoms with Crippen LogP contribution in [0.5, 0.6) is 5.75 Å². The Labute approximate surface area is 197 Å². The summed E-state index contributed by atoms with van der Waals surface area (Å²) < 4.78 is 55.5. The van der Waals surface area contributed by atoms with Gasteiger partial charge in [-0.05, 0) is 74.8 Å². The predicted molar refractivity (Wildman–Crippen MR) is 133 cm³/mol. The van der Waals surface area contributed by atoms with E-state index in [1.54, 1.807) is 36.4 Å². The second-order valence-electron chi connectivity index (χ2n) is 7.58. The molecule has 0 fully saturated rings. The second kappa shape index (κ2) is 12.9. The zero-order valence-corrected chi connectivity index (χ0v) is 21.0. The first-order valence-electron chi connectivity index (χ1n) is 9.96. The molecule has 0 aliphatic heterocycles. The van der Waals surface area contributed by atoms with E-state index in [-0.39, 0.29) is 12.4 Å². The third-order valence-corrected chi connectivity index (χ3v) is 5.61. The van der Waals surface area contributed by atoms with Crippen molar-refractivity contribution in [2.75, 3.05) is 48.7 Å². The summed E-state index contributed by atoms with van der Waals surface area (Å²) in [5, 5.41) is 0. The summed E-state index contributed by atoms with van der Waals surface area (Å²) in [7, 11) is -4.45. The molecule has 0 bridgehead atoms. The maximum atomic E-state index is 11.2. The Hall–Kier alpha value is -2.01. The van der Waals surface area contributed by atoms with Gasteiger partial charge >= 0.3 is 0 Å². The zero-order chi connectivity index (χ0) is 22.9. The number of halogens is 1. The van der Waals surface area contributed by atoms with Crippen LogP contribution in [0.1, 0.15) is 18.4 Å². The van der Waals surface area contributed by atoms with Gasteiger partial charge in [0.15, 0.2) is 0 Å². The quantitative estimate of drug-likeness (QED) is 0.405. The van der Waals surface area contributed by atoms with Crippen molar-refractivity contribution in [2.45, 2.75) is 19.3 Å². The summed E-state index contributed by atoms with van der Waals surface area (Å²) in [6, 6.07) is 14.3. The smallest absolute Gasteiger partial charge is 0.229 e. The Balaban J connectivity index is 0.00000512. The zero-order valence-electron chi connectivity index (χ0n) is 18.6. The molecule has 2 aromatic carbocycles. The van der Waals surface area contributed by atoms with E-state index >= 15 is 0 Å². The first kappa shape index (κ1) is 28.0. The number of nitrogens with zero attached hydrogens (tertiary/aromatic N) is 1. The number of hydrogen-bond donors (Lipinski definition) is 2. The van der Waals surface area contributed by atoms with Gasteiger partial charge in [0.25, 0.3) is 0 Å². The lowest BCUT2D eigenvalue weighted by atomic mass is 10.1. The summed E-state index contributed by atoms with van der Waals surface area (Å²) >= 11 is 0. The van der Waals surface area contributed by atoms with Crippen LogP contribution in [0.15, 0.2) is 48.5 Å². The summed E-state index contributed by atoms with van der Waals surface area (Å²) in [5.41, 5.74) is 2.24. The van der Waals surface area contributed by atoms with Gasteiger partial charge in [-0.1, -0.05) is 12.1 Å². The number of rotatable bonds is 13. The minimum absolute atomic E-state index is 0. The Morgan fingerprint density at radius 2 is 1.28 bits per heavy atom. The van der Waals surface area contributed by atoms with Gasteiger partial charge in [0.2, 0.25) is 20.0 Å². The molecule has 2 aromatic rings. The van der Waals surface area contributed by atoms with E-state index < -0.39 is 20.0 Å². The maximum absolute atomic E-state index is 11.2. The highest BCUT2D eigenvalue weighted by atomic mass is 35.5. The molecule has 0 aliphatic carbocycles. The van der Waals surface area contributed by atoms with E-state index in [9.17, 15) is 16.8 Å². The number of hydrogen-bond acceptors (Lipinski definition) is 6. The molecular formula is C21H32ClN3O5S2. The predicted octanol–water partition coefficient (Wildman–Crippen LogP) is 3.18. The molecule has 0 saturated heterocycles. The van der Waals surface area contributed by atoms with E-state index in [1.807, 2.05) is 12.1 Å². The number of sulfonamides is 2. The molecule has 0 atom stereocenters. The fraction of sp³-hybridized carbons (Fsp3) is 0.429. The van der Waals surface area contributed by atoms with Crippen LogP contribution < -0.4 is 14.2 Å². The van der Waals surface area contributed by atoms with Crippen LogP contribution >= 0.6 is 12.4 Å². The number of likely N-dealkylation sites (N-methyl/N-ethyl adjacent to an activating group) is 1. The highest BCUT2D eigenvalue weighted by Gasteiger charge is 2.04. The lowest BCUT2D eigenvalue weighted by molar-refractivity contribution is 0.280. The molecular weight excluding hydrogens is 474 g/mol. The number of anilines is 2. The molecule has 0 heterocycles. The van der Waals surface area contributed by atoms with Crippen LogP contribution in [0.25, 0.3) is 0 Å². The molecule has 0 radical (unpaired) electrons. The number of nitrogens with one attached hydrogen (secondary N) is 2. The first-order valence-corrected chi connectivity index (χ1v) is 13.7. The SMILES string of the molecule is CN(CCCCOc1ccc(NS(C)(=O)=O)cc1)CCc1ccc(NS(C)(=O)=O)cc1.Cl. The molecule has 2 N–H and O–H groups in total. The largest absolute Gasteiger partial charge is 0.494 e. The van der Waals surface area contributed by atoms with Crippen molar-refractivity contribution in [2.24, 2.45) is 0 Å². The molecule has 0 unspecified atom stereocenters. The number of ether oxygens (including phenoxy) is 1. The van der Waals surface area contributed by atoms with Crippen molar-refractivity contribution in [3.63, 3.8) is 0 Å². The van der Waals surface area contributed by atoms with Gasteiger partial charge in [0.1, 0.15) is 5.75 Å². The molecule has 0 amide bonds. The minimum Gasteiger partial charge on any atom is -0.494 e. The van der Waals surface area contributed by atoms with Gasteiger partial charge in [-0.15, -0.1) is 12.4 Å². The Morgan fingerprint density at radius 3 is 1.78 bits per heavy atom. The monoisotopic (exact) mass is 505 g/mol. The van der Waals surface area contributed by atoms with Gasteiger partial charge in [0.05, 0.1) is 19.1 Å². The molecule has 8 nitrogen and oxygen atoms in total. The fourth-order valence-electron chi connectivity index (χ4n) is 2.89. The van der Waals surface area contributed by atoms with Crippen molar-refractivity contribution in [1.82, 2.24) is 4.90 Å². The Morgan fingerprint density at radius 1 is 0.781 bits per heavy atom. The van der Waals surface area contributed by atoms with Crippen molar-refractivity contribution >= 4 is 43.8 Å². The van der Waals surface area contributed by atoms with E-state index in [4.69, 9.17) is 4.74 Å². The average Bonchev–Trinajstić information content (AvgIpc) is 2.66. The van der Waals surface area contributed by atoms with Crippen LogP contribution in [-0.2, 0) is 26.5 Å². The molecule has 0 spiro atoms. The first-order chi connectivity index (χ1) is 14.5. The average molecular weight is 506 g/mol. The third kappa shape index (κ3) is 12.1. The van der Waals surface area contributed by atoms with E-state index in [0.29, 0.717) is 23.7 Å². The molecule has 2 rings (SSSR count). The Kier molecular flexibility index (Phi) is 11.3. The molecule has 180 valence electrons. The van der Waals surface area contributed by atoms with Crippen molar-refractivity contribution < 1.29 is 21.6 Å². The van der Waals surface area contributed by atoms with E-state index in [2.05, 4.69) is 21.4 Å².